The molecule has 3 N–H and O–H groups in total. The first-order valence-electron chi connectivity index (χ1n) is 12.4. The van der Waals surface area contributed by atoms with E-state index in [-0.39, 0.29) is 29.6 Å². The average molecular weight is 556 g/mol. The summed E-state index contributed by atoms with van der Waals surface area (Å²) in [5.41, 5.74) is -0.431. The molecule has 4 rings (SSSR count). The molecular formula is C28H28F3N5O4. The fraction of sp³-hybridized carbons (Fsp3) is 0.250. The summed E-state index contributed by atoms with van der Waals surface area (Å²) in [6.07, 6.45) is -3.16. The third kappa shape index (κ3) is 7.29. The summed E-state index contributed by atoms with van der Waals surface area (Å²) in [4.78, 5) is 29.3. The van der Waals surface area contributed by atoms with Crippen molar-refractivity contribution in [3.63, 3.8) is 0 Å². The zero-order valence-electron chi connectivity index (χ0n) is 22.0. The summed E-state index contributed by atoms with van der Waals surface area (Å²) in [5, 5.41) is 8.56. The van der Waals surface area contributed by atoms with E-state index in [1.54, 1.807) is 43.4 Å². The molecule has 1 heterocycles. The second kappa shape index (κ2) is 12.1. The van der Waals surface area contributed by atoms with Crippen molar-refractivity contribution < 1.29 is 27.4 Å². The highest BCUT2D eigenvalue weighted by molar-refractivity contribution is 6.00. The number of nitrogens with one attached hydrogen (secondary N) is 3. The van der Waals surface area contributed by atoms with Crippen LogP contribution in [0.15, 0.2) is 71.8 Å². The first-order chi connectivity index (χ1) is 19.0. The van der Waals surface area contributed by atoms with E-state index in [2.05, 4.69) is 20.9 Å². The molecule has 12 heteroatoms. The molecule has 0 aliphatic carbocycles. The first-order valence-corrected chi connectivity index (χ1v) is 12.4. The Labute approximate surface area is 227 Å². The average Bonchev–Trinajstić information content (AvgIpc) is 2.89. The lowest BCUT2D eigenvalue weighted by molar-refractivity contribution is -0.137. The number of amides is 2. The van der Waals surface area contributed by atoms with Gasteiger partial charge in [0.25, 0.3) is 5.56 Å². The second-order valence-electron chi connectivity index (χ2n) is 9.21. The number of aryl methyl sites for hydroxylation is 1. The summed E-state index contributed by atoms with van der Waals surface area (Å²) >= 11 is 0. The smallest absolute Gasteiger partial charge is 0.416 e. The molecule has 0 aliphatic heterocycles. The predicted octanol–water partition coefficient (Wildman–Crippen LogP) is 5.77. The topological polar surface area (TPSA) is 107 Å². The standard InChI is InChI=1S/C28H28F3N5O4/c1-17(2)32-11-12-39-25-10-7-18(28(29,30)31)13-24(25)35-27(38)34-19-5-4-6-20(14-19)40-21-8-9-23-22(15-21)26(37)36(3)16-33-23/h4-10,13-17,32H,11-12H2,1-3H3,(H2,34,35,38). The highest BCUT2D eigenvalue weighted by Crippen LogP contribution is 2.35. The van der Waals surface area contributed by atoms with E-state index in [0.29, 0.717) is 34.6 Å². The van der Waals surface area contributed by atoms with Crippen molar-refractivity contribution in [1.82, 2.24) is 14.9 Å². The molecule has 1 aromatic heterocycles. The lowest BCUT2D eigenvalue weighted by atomic mass is 10.2. The molecule has 0 saturated heterocycles. The van der Waals surface area contributed by atoms with Crippen LogP contribution in [-0.4, -0.2) is 34.8 Å². The number of urea groups is 1. The molecule has 0 unspecified atom stereocenters. The van der Waals surface area contributed by atoms with Crippen LogP contribution in [0.5, 0.6) is 17.2 Å². The van der Waals surface area contributed by atoms with E-state index in [4.69, 9.17) is 9.47 Å². The Kier molecular flexibility index (Phi) is 8.58. The zero-order chi connectivity index (χ0) is 28.9. The van der Waals surface area contributed by atoms with Gasteiger partial charge in [-0.3, -0.25) is 4.79 Å². The van der Waals surface area contributed by atoms with Crippen LogP contribution in [0.1, 0.15) is 19.4 Å². The number of halogens is 3. The van der Waals surface area contributed by atoms with Crippen LogP contribution in [-0.2, 0) is 13.2 Å². The first kappa shape index (κ1) is 28.4. The van der Waals surface area contributed by atoms with Crippen LogP contribution in [0.2, 0.25) is 0 Å². The molecule has 3 aromatic carbocycles. The Balaban J connectivity index is 1.47. The van der Waals surface area contributed by atoms with Gasteiger partial charge in [0.1, 0.15) is 23.9 Å². The maximum atomic E-state index is 13.3. The number of fused-ring (bicyclic) bond motifs is 1. The second-order valence-corrected chi connectivity index (χ2v) is 9.21. The van der Waals surface area contributed by atoms with Gasteiger partial charge in [-0.25, -0.2) is 9.78 Å². The molecule has 2 amide bonds. The van der Waals surface area contributed by atoms with Crippen molar-refractivity contribution in [2.24, 2.45) is 7.05 Å². The third-order valence-corrected chi connectivity index (χ3v) is 5.68. The van der Waals surface area contributed by atoms with Gasteiger partial charge in [-0.15, -0.1) is 0 Å². The van der Waals surface area contributed by atoms with E-state index in [1.165, 1.54) is 23.0 Å². The predicted molar refractivity (Wildman–Crippen MR) is 146 cm³/mol. The lowest BCUT2D eigenvalue weighted by Gasteiger charge is -2.16. The zero-order valence-corrected chi connectivity index (χ0v) is 22.0. The Hall–Kier alpha value is -4.58. The van der Waals surface area contributed by atoms with Gasteiger partial charge in [-0.05, 0) is 48.5 Å². The number of hydrogen-bond donors (Lipinski definition) is 3. The van der Waals surface area contributed by atoms with Crippen LogP contribution in [0, 0.1) is 0 Å². The van der Waals surface area contributed by atoms with Gasteiger partial charge in [-0.1, -0.05) is 19.9 Å². The van der Waals surface area contributed by atoms with Crippen molar-refractivity contribution >= 4 is 28.3 Å². The van der Waals surface area contributed by atoms with Crippen LogP contribution in [0.25, 0.3) is 10.9 Å². The van der Waals surface area contributed by atoms with Gasteiger partial charge in [-0.2, -0.15) is 13.2 Å². The van der Waals surface area contributed by atoms with E-state index in [1.807, 2.05) is 13.8 Å². The molecule has 0 atom stereocenters. The van der Waals surface area contributed by atoms with Gasteiger partial charge in [0.15, 0.2) is 0 Å². The molecular weight excluding hydrogens is 527 g/mol. The van der Waals surface area contributed by atoms with Crippen molar-refractivity contribution in [2.75, 3.05) is 23.8 Å². The van der Waals surface area contributed by atoms with Gasteiger partial charge >= 0.3 is 12.2 Å². The van der Waals surface area contributed by atoms with Gasteiger partial charge in [0, 0.05) is 31.4 Å². The Morgan fingerprint density at radius 3 is 2.55 bits per heavy atom. The molecule has 210 valence electrons. The summed E-state index contributed by atoms with van der Waals surface area (Å²) in [7, 11) is 1.60. The number of benzene rings is 3. The number of nitrogens with zero attached hydrogens (tertiary/aromatic N) is 2. The van der Waals surface area contributed by atoms with Crippen molar-refractivity contribution in [3.05, 3.63) is 82.9 Å². The number of carbonyl (C=O) groups is 1. The Bertz CT molecular complexity index is 1570. The third-order valence-electron chi connectivity index (χ3n) is 5.68. The minimum Gasteiger partial charge on any atom is -0.490 e. The molecule has 0 radical (unpaired) electrons. The maximum absolute atomic E-state index is 13.3. The van der Waals surface area contributed by atoms with Crippen molar-refractivity contribution in [1.29, 1.82) is 0 Å². The Morgan fingerprint density at radius 1 is 1.02 bits per heavy atom. The Morgan fingerprint density at radius 2 is 1.80 bits per heavy atom. The van der Waals surface area contributed by atoms with E-state index >= 15 is 0 Å². The van der Waals surface area contributed by atoms with E-state index in [0.717, 1.165) is 12.1 Å². The number of aromatic nitrogens is 2. The maximum Gasteiger partial charge on any atom is 0.416 e. The highest BCUT2D eigenvalue weighted by Gasteiger charge is 2.31. The number of carbonyl (C=O) groups excluding carboxylic acids is 1. The van der Waals surface area contributed by atoms with Gasteiger partial charge in [0.05, 0.1) is 28.5 Å². The van der Waals surface area contributed by atoms with Crippen LogP contribution in [0.3, 0.4) is 0 Å². The summed E-state index contributed by atoms with van der Waals surface area (Å²) in [6.45, 7) is 4.57. The fourth-order valence-corrected chi connectivity index (χ4v) is 3.75. The number of alkyl halides is 3. The van der Waals surface area contributed by atoms with Crippen molar-refractivity contribution in [3.8, 4) is 17.2 Å². The molecule has 0 spiro atoms. The minimum atomic E-state index is -4.60. The summed E-state index contributed by atoms with van der Waals surface area (Å²) in [5.74, 6) is 0.846. The number of hydrogen-bond acceptors (Lipinski definition) is 6. The van der Waals surface area contributed by atoms with E-state index in [9.17, 15) is 22.8 Å². The molecule has 0 aliphatic rings. The van der Waals surface area contributed by atoms with Gasteiger partial charge < -0.3 is 30.0 Å². The quantitative estimate of drug-likeness (QED) is 0.227. The van der Waals surface area contributed by atoms with Crippen LogP contribution < -0.4 is 31.0 Å². The SMILES string of the molecule is CC(C)NCCOc1ccc(C(F)(F)F)cc1NC(=O)Nc1cccc(Oc2ccc3ncn(C)c(=O)c3c2)c1. The molecule has 0 fully saturated rings. The summed E-state index contributed by atoms with van der Waals surface area (Å²) < 4.78 is 52.8. The normalized spacial score (nSPS) is 11.5. The molecule has 4 aromatic rings. The van der Waals surface area contributed by atoms with Crippen molar-refractivity contribution in [2.45, 2.75) is 26.1 Å². The minimum absolute atomic E-state index is 0.0997. The largest absolute Gasteiger partial charge is 0.490 e. The highest BCUT2D eigenvalue weighted by atomic mass is 19.4. The van der Waals surface area contributed by atoms with Crippen LogP contribution in [0.4, 0.5) is 29.3 Å². The molecule has 0 saturated carbocycles. The van der Waals surface area contributed by atoms with Crippen LogP contribution >= 0.6 is 0 Å². The number of anilines is 2. The molecule has 9 nitrogen and oxygen atoms in total. The number of rotatable bonds is 9. The number of ether oxygens (including phenoxy) is 2. The molecule has 0 bridgehead atoms. The van der Waals surface area contributed by atoms with Gasteiger partial charge in [0.2, 0.25) is 0 Å². The monoisotopic (exact) mass is 555 g/mol. The van der Waals surface area contributed by atoms with E-state index < -0.39 is 17.8 Å². The fourth-order valence-electron chi connectivity index (χ4n) is 3.75. The lowest BCUT2D eigenvalue weighted by Crippen LogP contribution is -2.27. The molecule has 40 heavy (non-hydrogen) atoms. The summed E-state index contributed by atoms with van der Waals surface area (Å²) in [6, 6.07) is 13.6.